The molecule has 0 aromatic carbocycles. The summed E-state index contributed by atoms with van der Waals surface area (Å²) in [6.45, 7) is 1.91. The van der Waals surface area contributed by atoms with E-state index < -0.39 is 17.4 Å². The van der Waals surface area contributed by atoms with E-state index in [-0.39, 0.29) is 23.5 Å². The average molecular weight is 254 g/mol. The van der Waals surface area contributed by atoms with E-state index in [2.05, 4.69) is 0 Å². The molecule has 2 fully saturated rings. The Morgan fingerprint density at radius 2 is 1.78 bits per heavy atom. The number of ether oxygens (including phenoxy) is 2. The molecule has 3 atom stereocenters. The third-order valence-corrected chi connectivity index (χ3v) is 4.50. The van der Waals surface area contributed by atoms with Gasteiger partial charge in [0.15, 0.2) is 5.41 Å². The van der Waals surface area contributed by atoms with Gasteiger partial charge in [0.2, 0.25) is 0 Å². The fourth-order valence-corrected chi connectivity index (χ4v) is 3.84. The van der Waals surface area contributed by atoms with Gasteiger partial charge in [0.1, 0.15) is 5.78 Å². The highest BCUT2D eigenvalue weighted by Crippen LogP contribution is 2.57. The van der Waals surface area contributed by atoms with Crippen molar-refractivity contribution in [1.82, 2.24) is 0 Å². The normalized spacial score (nSPS) is 33.1. The van der Waals surface area contributed by atoms with Gasteiger partial charge in [-0.3, -0.25) is 14.4 Å². The highest BCUT2D eigenvalue weighted by Gasteiger charge is 2.65. The van der Waals surface area contributed by atoms with Crippen LogP contribution in [0.1, 0.15) is 26.2 Å². The molecule has 0 heterocycles. The summed E-state index contributed by atoms with van der Waals surface area (Å²) in [6.07, 6.45) is 1.35. The monoisotopic (exact) mass is 254 g/mol. The van der Waals surface area contributed by atoms with Gasteiger partial charge in [0.25, 0.3) is 0 Å². The molecule has 0 N–H and O–H groups in total. The molecule has 0 aromatic heterocycles. The largest absolute Gasteiger partial charge is 0.468 e. The lowest BCUT2D eigenvalue weighted by Gasteiger charge is -2.28. The van der Waals surface area contributed by atoms with Crippen molar-refractivity contribution >= 4 is 17.7 Å². The summed E-state index contributed by atoms with van der Waals surface area (Å²) < 4.78 is 9.60. The van der Waals surface area contributed by atoms with E-state index in [0.29, 0.717) is 19.3 Å². The number of carbonyl (C=O) groups excluding carboxylic acids is 3. The van der Waals surface area contributed by atoms with Crippen LogP contribution in [0.2, 0.25) is 0 Å². The van der Waals surface area contributed by atoms with Gasteiger partial charge in [-0.15, -0.1) is 0 Å². The molecular weight excluding hydrogens is 236 g/mol. The van der Waals surface area contributed by atoms with Crippen LogP contribution < -0.4 is 0 Å². The molecular formula is C13H18O5. The second kappa shape index (κ2) is 4.37. The maximum absolute atomic E-state index is 12.1. The molecule has 2 rings (SSSR count). The maximum atomic E-state index is 12.1. The molecule has 5 nitrogen and oxygen atoms in total. The molecule has 2 aliphatic carbocycles. The molecule has 0 saturated heterocycles. The van der Waals surface area contributed by atoms with Crippen LogP contribution in [0.4, 0.5) is 0 Å². The Bertz CT molecular complexity index is 384. The highest BCUT2D eigenvalue weighted by molar-refractivity contribution is 6.02. The van der Waals surface area contributed by atoms with E-state index in [1.54, 1.807) is 0 Å². The van der Waals surface area contributed by atoms with E-state index in [1.165, 1.54) is 14.2 Å². The minimum atomic E-state index is -1.28. The van der Waals surface area contributed by atoms with Gasteiger partial charge >= 0.3 is 11.9 Å². The van der Waals surface area contributed by atoms with Crippen molar-refractivity contribution in [3.05, 3.63) is 0 Å². The van der Waals surface area contributed by atoms with Crippen LogP contribution in [-0.2, 0) is 23.9 Å². The Morgan fingerprint density at radius 1 is 1.22 bits per heavy atom. The number of ketones is 1. The summed E-state index contributed by atoms with van der Waals surface area (Å²) >= 11 is 0. The van der Waals surface area contributed by atoms with Crippen molar-refractivity contribution in [2.24, 2.45) is 23.2 Å². The number of esters is 2. The first-order valence-electron chi connectivity index (χ1n) is 6.18. The number of carbonyl (C=O) groups is 3. The van der Waals surface area contributed by atoms with E-state index in [1.807, 2.05) is 6.92 Å². The van der Waals surface area contributed by atoms with Gasteiger partial charge in [-0.2, -0.15) is 0 Å². The Kier molecular flexibility index (Phi) is 3.17. The minimum absolute atomic E-state index is 0.0169. The zero-order chi connectivity index (χ0) is 13.5. The standard InChI is InChI=1S/C13H18O5/c1-7-6-13(11(15)17-2,12(16)18-3)8-4-5-9(14)10(7)8/h7-8,10H,4-6H2,1-3H3. The van der Waals surface area contributed by atoms with Crippen molar-refractivity contribution < 1.29 is 23.9 Å². The molecule has 0 radical (unpaired) electrons. The Hall–Kier alpha value is -1.39. The zero-order valence-corrected chi connectivity index (χ0v) is 10.9. The summed E-state index contributed by atoms with van der Waals surface area (Å²) in [5.74, 6) is -1.43. The van der Waals surface area contributed by atoms with Gasteiger partial charge < -0.3 is 9.47 Å². The topological polar surface area (TPSA) is 69.7 Å². The Labute approximate surface area is 106 Å². The number of hydrogen-bond acceptors (Lipinski definition) is 5. The third kappa shape index (κ3) is 1.49. The summed E-state index contributed by atoms with van der Waals surface area (Å²) in [5.41, 5.74) is -1.28. The van der Waals surface area contributed by atoms with Gasteiger partial charge in [-0.1, -0.05) is 6.92 Å². The van der Waals surface area contributed by atoms with E-state index >= 15 is 0 Å². The second-order valence-electron chi connectivity index (χ2n) is 5.27. The highest BCUT2D eigenvalue weighted by atomic mass is 16.5. The van der Waals surface area contributed by atoms with Crippen molar-refractivity contribution in [3.63, 3.8) is 0 Å². The van der Waals surface area contributed by atoms with Gasteiger partial charge in [0.05, 0.1) is 14.2 Å². The first-order chi connectivity index (χ1) is 8.48. The first-order valence-corrected chi connectivity index (χ1v) is 6.18. The van der Waals surface area contributed by atoms with Crippen molar-refractivity contribution in [1.29, 1.82) is 0 Å². The molecule has 2 aliphatic rings. The number of Topliss-reactive ketones (excluding diaryl/α,β-unsaturated/α-hetero) is 1. The van der Waals surface area contributed by atoms with Crippen molar-refractivity contribution in [2.75, 3.05) is 14.2 Å². The molecule has 0 aromatic rings. The summed E-state index contributed by atoms with van der Waals surface area (Å²) in [6, 6.07) is 0. The molecule has 0 amide bonds. The number of hydrogen-bond donors (Lipinski definition) is 0. The van der Waals surface area contributed by atoms with Crippen LogP contribution in [0.5, 0.6) is 0 Å². The molecule has 0 aliphatic heterocycles. The van der Waals surface area contributed by atoms with Crippen LogP contribution >= 0.6 is 0 Å². The molecule has 2 saturated carbocycles. The fourth-order valence-electron chi connectivity index (χ4n) is 3.84. The fraction of sp³-hybridized carbons (Fsp3) is 0.769. The second-order valence-corrected chi connectivity index (χ2v) is 5.27. The molecule has 100 valence electrons. The number of fused-ring (bicyclic) bond motifs is 1. The predicted octanol–water partition coefficient (Wildman–Crippen LogP) is 0.954. The molecule has 3 unspecified atom stereocenters. The smallest absolute Gasteiger partial charge is 0.323 e. The lowest BCUT2D eigenvalue weighted by Crippen LogP contribution is -2.44. The van der Waals surface area contributed by atoms with E-state index in [4.69, 9.17) is 9.47 Å². The quantitative estimate of drug-likeness (QED) is 0.542. The van der Waals surface area contributed by atoms with Crippen LogP contribution in [0.3, 0.4) is 0 Å². The maximum Gasteiger partial charge on any atom is 0.323 e. The van der Waals surface area contributed by atoms with Crippen LogP contribution in [0.25, 0.3) is 0 Å². The lowest BCUT2D eigenvalue weighted by atomic mass is 9.76. The van der Waals surface area contributed by atoms with Crippen LogP contribution in [0.15, 0.2) is 0 Å². The van der Waals surface area contributed by atoms with Gasteiger partial charge in [-0.25, -0.2) is 0 Å². The molecule has 0 bridgehead atoms. The number of methoxy groups -OCH3 is 2. The molecule has 0 spiro atoms. The van der Waals surface area contributed by atoms with Gasteiger partial charge in [-0.05, 0) is 24.7 Å². The predicted molar refractivity (Wildman–Crippen MR) is 61.5 cm³/mol. The SMILES string of the molecule is COC(=O)C1(C(=O)OC)CC(C)C2C(=O)CCC21. The first kappa shape index (κ1) is 13.1. The van der Waals surface area contributed by atoms with E-state index in [0.717, 1.165) is 0 Å². The summed E-state index contributed by atoms with van der Waals surface area (Å²) in [4.78, 5) is 36.1. The average Bonchev–Trinajstić information content (AvgIpc) is 2.88. The van der Waals surface area contributed by atoms with E-state index in [9.17, 15) is 14.4 Å². The Balaban J connectivity index is 2.46. The summed E-state index contributed by atoms with van der Waals surface area (Å²) in [7, 11) is 2.53. The van der Waals surface area contributed by atoms with Crippen molar-refractivity contribution in [2.45, 2.75) is 26.2 Å². The van der Waals surface area contributed by atoms with Crippen LogP contribution in [0, 0.1) is 23.2 Å². The summed E-state index contributed by atoms with van der Waals surface area (Å²) in [5, 5.41) is 0. The van der Waals surface area contributed by atoms with Crippen molar-refractivity contribution in [3.8, 4) is 0 Å². The minimum Gasteiger partial charge on any atom is -0.468 e. The third-order valence-electron chi connectivity index (χ3n) is 4.50. The molecule has 18 heavy (non-hydrogen) atoms. The van der Waals surface area contributed by atoms with Crippen LogP contribution in [-0.4, -0.2) is 31.9 Å². The Morgan fingerprint density at radius 3 is 2.28 bits per heavy atom. The zero-order valence-electron chi connectivity index (χ0n) is 10.9. The van der Waals surface area contributed by atoms with Gasteiger partial charge in [0, 0.05) is 12.3 Å². The molecule has 5 heteroatoms. The lowest BCUT2D eigenvalue weighted by molar-refractivity contribution is -0.172. The number of rotatable bonds is 2.